The molecule has 4 saturated heterocycles. The van der Waals surface area contributed by atoms with Gasteiger partial charge in [0.1, 0.15) is 17.7 Å². The van der Waals surface area contributed by atoms with Crippen LogP contribution in [0.1, 0.15) is 84.1 Å². The van der Waals surface area contributed by atoms with Gasteiger partial charge in [-0.3, -0.25) is 19.3 Å². The molecule has 9 nitrogen and oxygen atoms in total. The summed E-state index contributed by atoms with van der Waals surface area (Å²) in [5.74, 6) is -1.94. The molecule has 1 saturated carbocycles. The van der Waals surface area contributed by atoms with Crippen LogP contribution in [0.5, 0.6) is 0 Å². The highest BCUT2D eigenvalue weighted by atomic mass is 19.1. The summed E-state index contributed by atoms with van der Waals surface area (Å²) in [6, 6.07) is 2.94. The van der Waals surface area contributed by atoms with E-state index in [-0.39, 0.29) is 42.4 Å². The van der Waals surface area contributed by atoms with Gasteiger partial charge in [0.05, 0.1) is 12.0 Å². The molecule has 49 heavy (non-hydrogen) atoms. The number of nitrogens with zero attached hydrogens (tertiary/aromatic N) is 5. The van der Waals surface area contributed by atoms with Crippen LogP contribution in [0, 0.1) is 28.9 Å². The van der Waals surface area contributed by atoms with Crippen LogP contribution in [0.25, 0.3) is 0 Å². The third kappa shape index (κ3) is 7.83. The summed E-state index contributed by atoms with van der Waals surface area (Å²) < 4.78 is 35.1. The highest BCUT2D eigenvalue weighted by Gasteiger charge is 2.51. The van der Waals surface area contributed by atoms with Gasteiger partial charge in [0.15, 0.2) is 0 Å². The second-order valence-electron chi connectivity index (χ2n) is 16.6. The monoisotopic (exact) mass is 685 g/mol. The maximum absolute atomic E-state index is 15.5. The number of carbonyl (C=O) groups is 3. The minimum atomic E-state index is -0.700. The van der Waals surface area contributed by atoms with Gasteiger partial charge in [-0.15, -0.1) is 0 Å². The predicted molar refractivity (Wildman–Crippen MR) is 184 cm³/mol. The molecule has 1 aliphatic carbocycles. The first-order chi connectivity index (χ1) is 23.3. The van der Waals surface area contributed by atoms with Crippen molar-refractivity contribution >= 4 is 17.7 Å². The Balaban J connectivity index is 1.34. The Bertz CT molecular complexity index is 1350. The zero-order chi connectivity index (χ0) is 35.0. The van der Waals surface area contributed by atoms with Crippen molar-refractivity contribution in [3.8, 4) is 0 Å². The SMILES string of the molecule is CN1CCN(C(=O)[C@H]2C[C@H](N(C(=O)C(C)(C)C)[C@H]3CC[C@@H](C)CC3)CN2C(=O)[C@@H]2CN(C3CCOCC3)C[C@H]2c2ccc(F)cc2F)CC1. The molecule has 4 heterocycles. The molecule has 1 aromatic carbocycles. The number of ether oxygens (including phenoxy) is 1. The van der Waals surface area contributed by atoms with Crippen LogP contribution in [0.2, 0.25) is 0 Å². The Morgan fingerprint density at radius 2 is 1.53 bits per heavy atom. The minimum Gasteiger partial charge on any atom is -0.381 e. The van der Waals surface area contributed by atoms with E-state index in [0.717, 1.165) is 57.7 Å². The summed E-state index contributed by atoms with van der Waals surface area (Å²) >= 11 is 0. The summed E-state index contributed by atoms with van der Waals surface area (Å²) in [7, 11) is 2.04. The zero-order valence-electron chi connectivity index (χ0n) is 30.2. The summed E-state index contributed by atoms with van der Waals surface area (Å²) in [5.41, 5.74) is -0.272. The lowest BCUT2D eigenvalue weighted by Gasteiger charge is -2.42. The molecule has 272 valence electrons. The quantitative estimate of drug-likeness (QED) is 0.444. The average molecular weight is 686 g/mol. The first-order valence-corrected chi connectivity index (χ1v) is 18.7. The van der Waals surface area contributed by atoms with Crippen LogP contribution >= 0.6 is 0 Å². The lowest BCUT2D eigenvalue weighted by molar-refractivity contribution is -0.147. The molecule has 5 aliphatic rings. The van der Waals surface area contributed by atoms with E-state index in [2.05, 4.69) is 21.6 Å². The molecule has 11 heteroatoms. The minimum absolute atomic E-state index is 0.0619. The zero-order valence-corrected chi connectivity index (χ0v) is 30.2. The van der Waals surface area contributed by atoms with Crippen molar-refractivity contribution in [2.45, 2.75) is 103 Å². The van der Waals surface area contributed by atoms with E-state index in [1.807, 2.05) is 32.7 Å². The first kappa shape index (κ1) is 36.2. The van der Waals surface area contributed by atoms with Gasteiger partial charge in [-0.1, -0.05) is 33.8 Å². The van der Waals surface area contributed by atoms with Gasteiger partial charge in [0.2, 0.25) is 17.7 Å². The molecule has 0 N–H and O–H groups in total. The Labute approximate surface area is 291 Å². The second kappa shape index (κ2) is 14.9. The molecule has 0 spiro atoms. The Morgan fingerprint density at radius 1 is 0.857 bits per heavy atom. The molecule has 4 atom stereocenters. The number of hydrogen-bond acceptors (Lipinski definition) is 6. The van der Waals surface area contributed by atoms with Crippen LogP contribution in [0.15, 0.2) is 18.2 Å². The largest absolute Gasteiger partial charge is 0.381 e. The third-order valence-corrected chi connectivity index (χ3v) is 12.0. The van der Waals surface area contributed by atoms with Gasteiger partial charge in [-0.25, -0.2) is 8.78 Å². The van der Waals surface area contributed by atoms with Gasteiger partial charge >= 0.3 is 0 Å². The maximum Gasteiger partial charge on any atom is 0.245 e. The summed E-state index contributed by atoms with van der Waals surface area (Å²) in [6.07, 6.45) is 5.99. The molecule has 0 unspecified atom stereocenters. The fourth-order valence-corrected chi connectivity index (χ4v) is 9.03. The number of halogens is 2. The Kier molecular flexibility index (Phi) is 11.0. The van der Waals surface area contributed by atoms with E-state index in [9.17, 15) is 14.0 Å². The van der Waals surface area contributed by atoms with Crippen LogP contribution in [-0.4, -0.2) is 132 Å². The predicted octanol–water partition coefficient (Wildman–Crippen LogP) is 4.36. The van der Waals surface area contributed by atoms with E-state index in [4.69, 9.17) is 4.74 Å². The highest BCUT2D eigenvalue weighted by molar-refractivity contribution is 5.91. The van der Waals surface area contributed by atoms with Crippen molar-refractivity contribution < 1.29 is 27.9 Å². The maximum atomic E-state index is 15.5. The summed E-state index contributed by atoms with van der Waals surface area (Å²) in [5, 5.41) is 0. The fraction of sp³-hybridized carbons (Fsp3) is 0.763. The van der Waals surface area contributed by atoms with Gasteiger partial charge in [0, 0.05) is 88.5 Å². The standard InChI is InChI=1S/C38H57F2N5O4/c1-25-6-9-28(10-7-25)45(37(48)38(2,3)4)29-21-34(36(47)42-16-14-41(5)15-17-42)44(22-29)35(46)32-24-43(27-12-18-49-19-13-27)23-31(32)30-11-8-26(39)20-33(30)40/h8,11,20,25,27-29,31-32,34H,6-7,9-10,12-19,21-24H2,1-5H3/t25-,28+,29-,31-,32+,34+/m0/s1. The molecular formula is C38H57F2N5O4. The van der Waals surface area contributed by atoms with Gasteiger partial charge in [-0.05, 0) is 69.5 Å². The van der Waals surface area contributed by atoms with E-state index < -0.39 is 34.9 Å². The van der Waals surface area contributed by atoms with Crippen LogP contribution in [0.3, 0.4) is 0 Å². The Morgan fingerprint density at radius 3 is 2.16 bits per heavy atom. The number of likely N-dealkylation sites (N-methyl/N-ethyl adjacent to an activating group) is 1. The topological polar surface area (TPSA) is 76.6 Å². The molecule has 0 bridgehead atoms. The van der Waals surface area contributed by atoms with Crippen LogP contribution in [0.4, 0.5) is 8.78 Å². The van der Waals surface area contributed by atoms with Crippen molar-refractivity contribution in [1.82, 2.24) is 24.5 Å². The van der Waals surface area contributed by atoms with Crippen molar-refractivity contribution in [2.24, 2.45) is 17.3 Å². The smallest absolute Gasteiger partial charge is 0.245 e. The van der Waals surface area contributed by atoms with Gasteiger partial charge in [-0.2, -0.15) is 0 Å². The molecule has 5 fully saturated rings. The van der Waals surface area contributed by atoms with Crippen molar-refractivity contribution in [3.63, 3.8) is 0 Å². The first-order valence-electron chi connectivity index (χ1n) is 18.7. The van der Waals surface area contributed by atoms with E-state index in [0.29, 0.717) is 57.3 Å². The highest BCUT2D eigenvalue weighted by Crippen LogP contribution is 2.41. The van der Waals surface area contributed by atoms with E-state index in [1.54, 1.807) is 4.90 Å². The molecule has 4 aliphatic heterocycles. The van der Waals surface area contributed by atoms with Crippen molar-refractivity contribution in [3.05, 3.63) is 35.4 Å². The van der Waals surface area contributed by atoms with Crippen LogP contribution in [-0.2, 0) is 19.1 Å². The van der Waals surface area contributed by atoms with Crippen molar-refractivity contribution in [1.29, 1.82) is 0 Å². The van der Waals surface area contributed by atoms with Crippen molar-refractivity contribution in [2.75, 3.05) is 66.1 Å². The lowest BCUT2D eigenvalue weighted by atomic mass is 9.84. The number of rotatable bonds is 6. The Hall–Kier alpha value is -2.63. The van der Waals surface area contributed by atoms with Crippen LogP contribution < -0.4 is 0 Å². The molecule has 1 aromatic rings. The van der Waals surface area contributed by atoms with E-state index in [1.165, 1.54) is 12.1 Å². The summed E-state index contributed by atoms with van der Waals surface area (Å²) in [6.45, 7) is 13.3. The van der Waals surface area contributed by atoms with E-state index >= 15 is 9.18 Å². The number of carbonyl (C=O) groups excluding carboxylic acids is 3. The molecule has 0 radical (unpaired) electrons. The number of piperazine rings is 1. The fourth-order valence-electron chi connectivity index (χ4n) is 9.03. The second-order valence-corrected chi connectivity index (χ2v) is 16.6. The lowest BCUT2D eigenvalue weighted by Crippen LogP contribution is -2.54. The molecular weight excluding hydrogens is 628 g/mol. The number of hydrogen-bond donors (Lipinski definition) is 0. The molecule has 6 rings (SSSR count). The normalized spacial score (nSPS) is 30.9. The number of benzene rings is 1. The summed E-state index contributed by atoms with van der Waals surface area (Å²) in [4.78, 5) is 53.9. The van der Waals surface area contributed by atoms with Gasteiger partial charge < -0.3 is 24.3 Å². The average Bonchev–Trinajstić information content (AvgIpc) is 3.71. The third-order valence-electron chi connectivity index (χ3n) is 12.0. The molecule has 0 aromatic heterocycles. The van der Waals surface area contributed by atoms with Gasteiger partial charge in [0.25, 0.3) is 0 Å². The number of likely N-dealkylation sites (tertiary alicyclic amines) is 2. The number of amides is 3. The molecule has 3 amide bonds.